The third-order valence-corrected chi connectivity index (χ3v) is 3.60. The average molecular weight is 358 g/mol. The maximum Gasteiger partial charge on any atom is 0.331 e. The van der Waals surface area contributed by atoms with E-state index in [1.165, 1.54) is 19.3 Å². The number of benzene rings is 1. The molecule has 0 atom stereocenters. The minimum Gasteiger partial charge on any atom is -0.493 e. The quantitative estimate of drug-likeness (QED) is 0.534. The summed E-state index contributed by atoms with van der Waals surface area (Å²) >= 11 is 0. The van der Waals surface area contributed by atoms with E-state index in [0.717, 1.165) is 4.90 Å². The highest BCUT2D eigenvalue weighted by Gasteiger charge is 2.26. The summed E-state index contributed by atoms with van der Waals surface area (Å²) in [6, 6.07) is 6.78. The first-order valence-corrected chi connectivity index (χ1v) is 7.91. The number of imide groups is 1. The van der Waals surface area contributed by atoms with Crippen LogP contribution in [0.3, 0.4) is 0 Å². The molecule has 0 aliphatic carbocycles. The molecule has 2 amide bonds. The van der Waals surface area contributed by atoms with Gasteiger partial charge in [0.2, 0.25) is 5.91 Å². The fourth-order valence-corrected chi connectivity index (χ4v) is 2.35. The maximum absolute atomic E-state index is 11.8. The third-order valence-electron chi connectivity index (χ3n) is 3.60. The van der Waals surface area contributed by atoms with Gasteiger partial charge >= 0.3 is 5.97 Å². The number of methoxy groups -OCH3 is 1. The number of likely N-dealkylation sites (tertiary alicyclic amines) is 1. The lowest BCUT2D eigenvalue weighted by atomic mass is 10.2. The van der Waals surface area contributed by atoms with E-state index in [-0.39, 0.29) is 12.5 Å². The summed E-state index contributed by atoms with van der Waals surface area (Å²) < 4.78 is 15.2. The van der Waals surface area contributed by atoms with E-state index in [4.69, 9.17) is 19.5 Å². The number of carbonyl (C=O) groups is 3. The standard InChI is InChI=1S/C18H18N2O6/c1-24-15-11-13(4-6-14(15)25-10-8-19)5-7-18(23)26-12-17(22)20-9-2-3-16(20)21/h4-7,11H,2-3,9-10,12H2,1H3. The number of esters is 1. The van der Waals surface area contributed by atoms with Gasteiger partial charge in [-0.25, -0.2) is 4.79 Å². The van der Waals surface area contributed by atoms with Crippen molar-refractivity contribution in [3.8, 4) is 17.6 Å². The van der Waals surface area contributed by atoms with Crippen LogP contribution >= 0.6 is 0 Å². The number of nitrogens with zero attached hydrogens (tertiary/aromatic N) is 2. The Balaban J connectivity index is 1.90. The number of nitriles is 1. The fourth-order valence-electron chi connectivity index (χ4n) is 2.35. The van der Waals surface area contributed by atoms with Crippen molar-refractivity contribution < 1.29 is 28.6 Å². The van der Waals surface area contributed by atoms with Crippen LogP contribution in [0.2, 0.25) is 0 Å². The Bertz CT molecular complexity index is 765. The molecule has 0 unspecified atom stereocenters. The van der Waals surface area contributed by atoms with Crippen LogP contribution in [0.5, 0.6) is 11.5 Å². The lowest BCUT2D eigenvalue weighted by Gasteiger charge is -2.12. The Hall–Kier alpha value is -3.34. The smallest absolute Gasteiger partial charge is 0.331 e. The van der Waals surface area contributed by atoms with Crippen LogP contribution in [0.25, 0.3) is 6.08 Å². The van der Waals surface area contributed by atoms with Crippen molar-refractivity contribution in [2.75, 3.05) is 26.9 Å². The second-order valence-electron chi connectivity index (χ2n) is 5.34. The van der Waals surface area contributed by atoms with Crippen LogP contribution < -0.4 is 9.47 Å². The van der Waals surface area contributed by atoms with Gasteiger partial charge in [0.05, 0.1) is 7.11 Å². The largest absolute Gasteiger partial charge is 0.493 e. The van der Waals surface area contributed by atoms with Crippen LogP contribution in [0.1, 0.15) is 18.4 Å². The molecule has 0 radical (unpaired) electrons. The molecule has 2 rings (SSSR count). The molecule has 8 heteroatoms. The number of amides is 2. The highest BCUT2D eigenvalue weighted by molar-refractivity contribution is 5.98. The molecule has 1 aromatic rings. The van der Waals surface area contributed by atoms with Crippen molar-refractivity contribution in [2.24, 2.45) is 0 Å². The molecular formula is C18H18N2O6. The zero-order valence-corrected chi connectivity index (χ0v) is 14.3. The first-order chi connectivity index (χ1) is 12.5. The van der Waals surface area contributed by atoms with Gasteiger partial charge in [0, 0.05) is 19.0 Å². The molecular weight excluding hydrogens is 340 g/mol. The van der Waals surface area contributed by atoms with Gasteiger partial charge in [-0.2, -0.15) is 5.26 Å². The maximum atomic E-state index is 11.8. The Kier molecular flexibility index (Phi) is 6.74. The Morgan fingerprint density at radius 3 is 2.81 bits per heavy atom. The van der Waals surface area contributed by atoms with Gasteiger partial charge in [-0.1, -0.05) is 6.07 Å². The molecule has 1 heterocycles. The fraction of sp³-hybridized carbons (Fsp3) is 0.333. The van der Waals surface area contributed by atoms with E-state index in [1.54, 1.807) is 18.2 Å². The number of rotatable bonds is 7. The van der Waals surface area contributed by atoms with Gasteiger partial charge in [-0.15, -0.1) is 0 Å². The molecule has 1 aliphatic heterocycles. The van der Waals surface area contributed by atoms with Crippen LogP contribution in [-0.2, 0) is 19.1 Å². The Morgan fingerprint density at radius 1 is 1.35 bits per heavy atom. The van der Waals surface area contributed by atoms with Crippen molar-refractivity contribution in [2.45, 2.75) is 12.8 Å². The van der Waals surface area contributed by atoms with Crippen LogP contribution in [0, 0.1) is 11.3 Å². The average Bonchev–Trinajstić information content (AvgIpc) is 3.08. The number of hydrogen-bond acceptors (Lipinski definition) is 7. The summed E-state index contributed by atoms with van der Waals surface area (Å²) in [6.45, 7) is -0.213. The molecule has 8 nitrogen and oxygen atoms in total. The van der Waals surface area contributed by atoms with E-state index in [0.29, 0.717) is 36.4 Å². The summed E-state index contributed by atoms with van der Waals surface area (Å²) in [5.41, 5.74) is 0.643. The van der Waals surface area contributed by atoms with E-state index in [1.807, 2.05) is 6.07 Å². The molecule has 0 N–H and O–H groups in total. The zero-order chi connectivity index (χ0) is 18.9. The summed E-state index contributed by atoms with van der Waals surface area (Å²) in [7, 11) is 1.46. The molecule has 0 bridgehead atoms. The number of carbonyl (C=O) groups excluding carboxylic acids is 3. The third kappa shape index (κ3) is 5.08. The van der Waals surface area contributed by atoms with E-state index < -0.39 is 18.5 Å². The molecule has 0 spiro atoms. The SMILES string of the molecule is COc1cc(C=CC(=O)OCC(=O)N2CCCC2=O)ccc1OCC#N. The van der Waals surface area contributed by atoms with Gasteiger partial charge < -0.3 is 14.2 Å². The molecule has 136 valence electrons. The normalized spacial score (nSPS) is 13.5. The lowest BCUT2D eigenvalue weighted by molar-refractivity contribution is -0.151. The first-order valence-electron chi connectivity index (χ1n) is 7.91. The second-order valence-corrected chi connectivity index (χ2v) is 5.34. The monoisotopic (exact) mass is 358 g/mol. The highest BCUT2D eigenvalue weighted by Crippen LogP contribution is 2.28. The van der Waals surface area contributed by atoms with Gasteiger partial charge in [0.25, 0.3) is 5.91 Å². The Morgan fingerprint density at radius 2 is 2.15 bits per heavy atom. The van der Waals surface area contributed by atoms with E-state index in [2.05, 4.69) is 0 Å². The topological polar surface area (TPSA) is 106 Å². The van der Waals surface area contributed by atoms with Gasteiger partial charge in [0.1, 0.15) is 6.07 Å². The van der Waals surface area contributed by atoms with Gasteiger partial charge in [-0.3, -0.25) is 14.5 Å². The number of hydrogen-bond donors (Lipinski definition) is 0. The minimum atomic E-state index is -0.700. The van der Waals surface area contributed by atoms with Gasteiger partial charge in [0.15, 0.2) is 24.7 Å². The first kappa shape index (κ1) is 19.0. The molecule has 1 aromatic carbocycles. The van der Waals surface area contributed by atoms with E-state index >= 15 is 0 Å². The zero-order valence-electron chi connectivity index (χ0n) is 14.3. The van der Waals surface area contributed by atoms with Crippen molar-refractivity contribution >= 4 is 23.9 Å². The van der Waals surface area contributed by atoms with Crippen LogP contribution in [0.15, 0.2) is 24.3 Å². The van der Waals surface area contributed by atoms with E-state index in [9.17, 15) is 14.4 Å². The predicted molar refractivity (Wildman–Crippen MR) is 90.0 cm³/mol. The minimum absolute atomic E-state index is 0.106. The molecule has 0 aromatic heterocycles. The van der Waals surface area contributed by atoms with Crippen molar-refractivity contribution in [1.82, 2.24) is 4.90 Å². The summed E-state index contributed by atoms with van der Waals surface area (Å²) in [5.74, 6) is -0.635. The van der Waals surface area contributed by atoms with Gasteiger partial charge in [-0.05, 0) is 30.2 Å². The second kappa shape index (κ2) is 9.22. The van der Waals surface area contributed by atoms with Crippen molar-refractivity contribution in [3.63, 3.8) is 0 Å². The molecule has 1 saturated heterocycles. The lowest BCUT2D eigenvalue weighted by Crippen LogP contribution is -2.35. The summed E-state index contributed by atoms with van der Waals surface area (Å²) in [4.78, 5) is 36.1. The number of ether oxygens (including phenoxy) is 3. The van der Waals surface area contributed by atoms with Crippen molar-refractivity contribution in [1.29, 1.82) is 5.26 Å². The summed E-state index contributed by atoms with van der Waals surface area (Å²) in [6.07, 6.45) is 3.64. The molecule has 0 saturated carbocycles. The molecule has 1 fully saturated rings. The van der Waals surface area contributed by atoms with Crippen molar-refractivity contribution in [3.05, 3.63) is 29.8 Å². The Labute approximate surface area is 150 Å². The predicted octanol–water partition coefficient (Wildman–Crippen LogP) is 1.30. The molecule has 1 aliphatic rings. The summed E-state index contributed by atoms with van der Waals surface area (Å²) in [5, 5.41) is 8.54. The van der Waals surface area contributed by atoms with Crippen LogP contribution in [0.4, 0.5) is 0 Å². The van der Waals surface area contributed by atoms with Crippen LogP contribution in [-0.4, -0.2) is 49.6 Å². The highest BCUT2D eigenvalue weighted by atomic mass is 16.5. The molecule has 26 heavy (non-hydrogen) atoms.